The first-order valence-corrected chi connectivity index (χ1v) is 6.86. The van der Waals surface area contributed by atoms with Crippen molar-refractivity contribution in [2.45, 2.75) is 57.0 Å². The molecule has 0 aromatic heterocycles. The Hall–Kier alpha value is -0.890. The summed E-state index contributed by atoms with van der Waals surface area (Å²) in [5, 5.41) is 8.88. The lowest BCUT2D eigenvalue weighted by Crippen LogP contribution is -2.25. The molecular formula is C14H19NO3. The van der Waals surface area contributed by atoms with Gasteiger partial charge in [-0.05, 0) is 43.3 Å². The SMILES string of the molecule is N#CCC1=C(COC2CCCCO2)C2CCC1O2. The molecule has 0 aromatic carbocycles. The Bertz CT molecular complexity index is 379. The summed E-state index contributed by atoms with van der Waals surface area (Å²) < 4.78 is 17.2. The van der Waals surface area contributed by atoms with E-state index in [1.165, 1.54) is 17.6 Å². The predicted octanol–water partition coefficient (Wildman–Crippen LogP) is 2.30. The maximum Gasteiger partial charge on any atom is 0.158 e. The van der Waals surface area contributed by atoms with Gasteiger partial charge >= 0.3 is 0 Å². The summed E-state index contributed by atoms with van der Waals surface area (Å²) >= 11 is 0. The molecule has 3 atom stereocenters. The third-order valence-electron chi connectivity index (χ3n) is 4.04. The molecular weight excluding hydrogens is 230 g/mol. The first-order chi connectivity index (χ1) is 8.88. The third-order valence-corrected chi connectivity index (χ3v) is 4.04. The van der Waals surface area contributed by atoms with Crippen LogP contribution in [0.4, 0.5) is 0 Å². The number of fused-ring (bicyclic) bond motifs is 2. The van der Waals surface area contributed by atoms with Crippen molar-refractivity contribution in [3.05, 3.63) is 11.1 Å². The van der Waals surface area contributed by atoms with Gasteiger partial charge in [0.15, 0.2) is 6.29 Å². The molecule has 98 valence electrons. The van der Waals surface area contributed by atoms with E-state index in [-0.39, 0.29) is 18.5 Å². The average Bonchev–Trinajstić information content (AvgIpc) is 3.00. The van der Waals surface area contributed by atoms with Gasteiger partial charge in [-0.1, -0.05) is 0 Å². The molecule has 0 N–H and O–H groups in total. The van der Waals surface area contributed by atoms with Crippen LogP contribution in [-0.2, 0) is 14.2 Å². The second kappa shape index (κ2) is 5.40. The highest BCUT2D eigenvalue weighted by Crippen LogP contribution is 2.40. The Balaban J connectivity index is 1.61. The van der Waals surface area contributed by atoms with Crippen LogP contribution in [0, 0.1) is 11.3 Å². The minimum atomic E-state index is -0.0614. The van der Waals surface area contributed by atoms with E-state index in [2.05, 4.69) is 6.07 Å². The van der Waals surface area contributed by atoms with E-state index in [0.717, 1.165) is 32.3 Å². The summed E-state index contributed by atoms with van der Waals surface area (Å²) in [6.07, 6.45) is 6.22. The third kappa shape index (κ3) is 2.31. The smallest absolute Gasteiger partial charge is 0.158 e. The topological polar surface area (TPSA) is 51.5 Å². The minimum absolute atomic E-state index is 0.0614. The molecule has 4 heteroatoms. The molecule has 4 nitrogen and oxygen atoms in total. The highest BCUT2D eigenvalue weighted by Gasteiger charge is 2.40. The second-order valence-electron chi connectivity index (χ2n) is 5.18. The summed E-state index contributed by atoms with van der Waals surface area (Å²) in [7, 11) is 0. The molecule has 0 spiro atoms. The fourth-order valence-corrected chi connectivity index (χ4v) is 3.09. The van der Waals surface area contributed by atoms with Gasteiger partial charge in [-0.25, -0.2) is 0 Å². The van der Waals surface area contributed by atoms with Crippen molar-refractivity contribution in [2.75, 3.05) is 13.2 Å². The van der Waals surface area contributed by atoms with Gasteiger partial charge in [-0.3, -0.25) is 0 Å². The molecule has 3 aliphatic rings. The number of rotatable bonds is 4. The molecule has 0 aliphatic carbocycles. The van der Waals surface area contributed by atoms with Gasteiger partial charge in [0.25, 0.3) is 0 Å². The van der Waals surface area contributed by atoms with Gasteiger partial charge in [0.2, 0.25) is 0 Å². The second-order valence-corrected chi connectivity index (χ2v) is 5.18. The number of hydrogen-bond acceptors (Lipinski definition) is 4. The van der Waals surface area contributed by atoms with Gasteiger partial charge in [0.05, 0.1) is 31.3 Å². The molecule has 0 saturated carbocycles. The Morgan fingerprint density at radius 1 is 1.17 bits per heavy atom. The van der Waals surface area contributed by atoms with Crippen LogP contribution in [0.3, 0.4) is 0 Å². The van der Waals surface area contributed by atoms with Crippen LogP contribution in [0.15, 0.2) is 11.1 Å². The largest absolute Gasteiger partial charge is 0.366 e. The zero-order chi connectivity index (χ0) is 12.4. The van der Waals surface area contributed by atoms with Crippen molar-refractivity contribution in [1.82, 2.24) is 0 Å². The van der Waals surface area contributed by atoms with E-state index in [9.17, 15) is 0 Å². The van der Waals surface area contributed by atoms with E-state index in [4.69, 9.17) is 19.5 Å². The van der Waals surface area contributed by atoms with Crippen LogP contribution in [0.2, 0.25) is 0 Å². The number of nitrogens with zero attached hydrogens (tertiary/aromatic N) is 1. The Morgan fingerprint density at radius 3 is 2.72 bits per heavy atom. The lowest BCUT2D eigenvalue weighted by Gasteiger charge is -2.24. The fraction of sp³-hybridized carbons (Fsp3) is 0.786. The van der Waals surface area contributed by atoms with Crippen LogP contribution in [0.1, 0.15) is 38.5 Å². The molecule has 0 aromatic rings. The predicted molar refractivity (Wildman–Crippen MR) is 64.7 cm³/mol. The minimum Gasteiger partial charge on any atom is -0.366 e. The Morgan fingerprint density at radius 2 is 2.00 bits per heavy atom. The molecule has 0 amide bonds. The first kappa shape index (κ1) is 12.2. The number of hydrogen-bond donors (Lipinski definition) is 0. The zero-order valence-electron chi connectivity index (χ0n) is 10.6. The first-order valence-electron chi connectivity index (χ1n) is 6.86. The monoisotopic (exact) mass is 249 g/mol. The maximum atomic E-state index is 8.88. The van der Waals surface area contributed by atoms with Crippen LogP contribution in [0.25, 0.3) is 0 Å². The van der Waals surface area contributed by atoms with Gasteiger partial charge in [-0.2, -0.15) is 5.26 Å². The fourth-order valence-electron chi connectivity index (χ4n) is 3.09. The lowest BCUT2D eigenvalue weighted by atomic mass is 9.90. The van der Waals surface area contributed by atoms with Crippen molar-refractivity contribution < 1.29 is 14.2 Å². The van der Waals surface area contributed by atoms with Crippen LogP contribution in [0.5, 0.6) is 0 Å². The summed E-state index contributed by atoms with van der Waals surface area (Å²) in [5.41, 5.74) is 2.38. The molecule has 0 radical (unpaired) electrons. The van der Waals surface area contributed by atoms with Crippen molar-refractivity contribution in [3.8, 4) is 6.07 Å². The standard InChI is InChI=1S/C14H19NO3/c15-7-6-10-11(13-5-4-12(10)18-13)9-17-14-3-1-2-8-16-14/h12-14H,1-6,8-9H2. The number of ether oxygens (including phenoxy) is 3. The van der Waals surface area contributed by atoms with Gasteiger partial charge in [-0.15, -0.1) is 0 Å². The van der Waals surface area contributed by atoms with Crippen molar-refractivity contribution in [2.24, 2.45) is 0 Å². The van der Waals surface area contributed by atoms with Crippen molar-refractivity contribution in [1.29, 1.82) is 5.26 Å². The quantitative estimate of drug-likeness (QED) is 0.717. The van der Waals surface area contributed by atoms with E-state index in [0.29, 0.717) is 13.0 Å². The molecule has 2 bridgehead atoms. The van der Waals surface area contributed by atoms with Gasteiger partial charge in [0, 0.05) is 6.61 Å². The van der Waals surface area contributed by atoms with E-state index in [1.54, 1.807) is 0 Å². The van der Waals surface area contributed by atoms with Gasteiger partial charge < -0.3 is 14.2 Å². The van der Waals surface area contributed by atoms with E-state index in [1.807, 2.05) is 0 Å². The normalized spacial score (nSPS) is 34.9. The summed E-state index contributed by atoms with van der Waals surface area (Å²) in [5.74, 6) is 0. The molecule has 3 rings (SSSR count). The van der Waals surface area contributed by atoms with Crippen LogP contribution < -0.4 is 0 Å². The van der Waals surface area contributed by atoms with E-state index >= 15 is 0 Å². The molecule has 3 heterocycles. The van der Waals surface area contributed by atoms with Crippen molar-refractivity contribution in [3.63, 3.8) is 0 Å². The highest BCUT2D eigenvalue weighted by atomic mass is 16.7. The maximum absolute atomic E-state index is 8.88. The molecule has 3 unspecified atom stereocenters. The van der Waals surface area contributed by atoms with Crippen LogP contribution in [-0.4, -0.2) is 31.7 Å². The zero-order valence-corrected chi connectivity index (χ0v) is 10.6. The summed E-state index contributed by atoms with van der Waals surface area (Å²) in [4.78, 5) is 0. The van der Waals surface area contributed by atoms with Crippen molar-refractivity contribution >= 4 is 0 Å². The highest BCUT2D eigenvalue weighted by molar-refractivity contribution is 5.32. The summed E-state index contributed by atoms with van der Waals surface area (Å²) in [6, 6.07) is 2.24. The summed E-state index contributed by atoms with van der Waals surface area (Å²) in [6.45, 7) is 1.38. The molecule has 3 aliphatic heterocycles. The van der Waals surface area contributed by atoms with Gasteiger partial charge in [0.1, 0.15) is 0 Å². The average molecular weight is 249 g/mol. The lowest BCUT2D eigenvalue weighted by molar-refractivity contribution is -0.158. The Labute approximate surface area is 108 Å². The molecule has 18 heavy (non-hydrogen) atoms. The number of nitriles is 1. The van der Waals surface area contributed by atoms with Crippen LogP contribution >= 0.6 is 0 Å². The molecule has 2 saturated heterocycles. The Kier molecular flexibility index (Phi) is 3.64. The molecule has 2 fully saturated rings. The van der Waals surface area contributed by atoms with E-state index < -0.39 is 0 Å².